The molecule has 0 aliphatic carbocycles. The van der Waals surface area contributed by atoms with Gasteiger partial charge in [0.05, 0.1) is 32.1 Å². The topological polar surface area (TPSA) is 32.8 Å². The van der Waals surface area contributed by atoms with Gasteiger partial charge >= 0.3 is 0 Å². The molecule has 0 bridgehead atoms. The predicted octanol–water partition coefficient (Wildman–Crippen LogP) is 23.4. The normalized spacial score (nSPS) is 11.9. The van der Waals surface area contributed by atoms with E-state index in [4.69, 9.17) is 8.83 Å². The van der Waals surface area contributed by atoms with Crippen molar-refractivity contribution in [1.29, 1.82) is 0 Å². The quantitative estimate of drug-likeness (QED) is 0.144. The zero-order valence-electron chi connectivity index (χ0n) is 45.6. The zero-order chi connectivity index (χ0) is 54.7. The lowest BCUT2D eigenvalue weighted by atomic mass is 9.94. The Bertz CT molecular complexity index is 4940. The molecule has 4 aromatic heterocycles. The van der Waals surface area contributed by atoms with Gasteiger partial charge in [-0.3, -0.25) is 0 Å². The molecule has 4 heterocycles. The van der Waals surface area contributed by atoms with E-state index in [9.17, 15) is 0 Å². The number of rotatable bonds is 9. The van der Waals surface area contributed by atoms with Gasteiger partial charge in [0.1, 0.15) is 22.3 Å². The molecule has 4 nitrogen and oxygen atoms in total. The fraction of sp³-hybridized carbons (Fsp3) is 0.0526. The molecule has 16 rings (SSSR count). The van der Waals surface area contributed by atoms with Crippen LogP contribution in [0.1, 0.15) is 22.3 Å². The molecule has 0 saturated carbocycles. The fourth-order valence-corrected chi connectivity index (χ4v) is 15.4. The Kier molecular flexibility index (Phi) is 11.1. The van der Waals surface area contributed by atoms with Crippen LogP contribution in [0.25, 0.3) is 118 Å². The number of benzene rings is 12. The second kappa shape index (κ2) is 19.0. The van der Waals surface area contributed by atoms with E-state index in [0.29, 0.717) is 0 Å². The van der Waals surface area contributed by atoms with Crippen molar-refractivity contribution in [3.8, 4) is 33.4 Å². The third-order valence-corrected chi connectivity index (χ3v) is 19.2. The van der Waals surface area contributed by atoms with Crippen LogP contribution in [0.5, 0.6) is 0 Å². The number of fused-ring (bicyclic) bond motifs is 12. The van der Waals surface area contributed by atoms with Gasteiger partial charge in [0.2, 0.25) is 0 Å². The Morgan fingerprint density at radius 1 is 0.280 bits per heavy atom. The molecule has 390 valence electrons. The van der Waals surface area contributed by atoms with Crippen molar-refractivity contribution in [3.63, 3.8) is 0 Å². The van der Waals surface area contributed by atoms with Crippen LogP contribution >= 0.6 is 22.7 Å². The summed E-state index contributed by atoms with van der Waals surface area (Å²) in [6.45, 7) is 9.03. The van der Waals surface area contributed by atoms with Gasteiger partial charge in [-0.1, -0.05) is 182 Å². The Morgan fingerprint density at radius 2 is 0.646 bits per heavy atom. The molecular formula is C76H52N2O2S2. The maximum Gasteiger partial charge on any atom is 0.143 e. The molecule has 12 aromatic carbocycles. The Hall–Kier alpha value is -9.72. The number of hydrogen-bond acceptors (Lipinski definition) is 6. The molecule has 0 unspecified atom stereocenters. The number of thiophene rings is 2. The molecule has 16 aromatic rings. The smallest absolute Gasteiger partial charge is 0.143 e. The molecule has 0 aliphatic rings. The molecule has 0 radical (unpaired) electrons. The number of aryl methyl sites for hydroxylation is 4. The largest absolute Gasteiger partial charge is 0.455 e. The molecule has 0 amide bonds. The summed E-state index contributed by atoms with van der Waals surface area (Å²) in [5, 5.41) is 9.51. The number of anilines is 6. The summed E-state index contributed by atoms with van der Waals surface area (Å²) in [6, 6.07) is 88.5. The average molecular weight is 1090 g/mol. The monoisotopic (exact) mass is 1090 g/mol. The Morgan fingerprint density at radius 3 is 1.10 bits per heavy atom. The molecule has 0 N–H and O–H groups in total. The summed E-state index contributed by atoms with van der Waals surface area (Å²) >= 11 is 3.72. The number of para-hydroxylation sites is 6. The lowest BCUT2D eigenvalue weighted by molar-refractivity contribution is 0.669. The first-order valence-electron chi connectivity index (χ1n) is 28.0. The van der Waals surface area contributed by atoms with Crippen molar-refractivity contribution in [2.75, 3.05) is 9.80 Å². The van der Waals surface area contributed by atoms with E-state index in [2.05, 4.69) is 268 Å². The minimum atomic E-state index is 0.888. The second-order valence-corrected chi connectivity index (χ2v) is 23.8. The summed E-state index contributed by atoms with van der Waals surface area (Å²) in [4.78, 5) is 5.05. The first-order chi connectivity index (χ1) is 40.3. The van der Waals surface area contributed by atoms with E-state index >= 15 is 0 Å². The summed E-state index contributed by atoms with van der Waals surface area (Å²) < 4.78 is 18.6. The van der Waals surface area contributed by atoms with Gasteiger partial charge in [-0.25, -0.2) is 0 Å². The van der Waals surface area contributed by atoms with Crippen molar-refractivity contribution in [1.82, 2.24) is 0 Å². The van der Waals surface area contributed by atoms with E-state index in [1.54, 1.807) is 0 Å². The van der Waals surface area contributed by atoms with Crippen molar-refractivity contribution in [3.05, 3.63) is 265 Å². The van der Waals surface area contributed by atoms with Crippen LogP contribution in [-0.2, 0) is 0 Å². The van der Waals surface area contributed by atoms with Gasteiger partial charge in [-0.15, -0.1) is 22.7 Å². The van der Waals surface area contributed by atoms with Crippen LogP contribution in [0.3, 0.4) is 0 Å². The Balaban J connectivity index is 0.869. The number of nitrogens with zero attached hydrogens (tertiary/aromatic N) is 2. The third-order valence-electron chi connectivity index (χ3n) is 16.8. The molecular weight excluding hydrogens is 1040 g/mol. The van der Waals surface area contributed by atoms with E-state index in [-0.39, 0.29) is 0 Å². The molecule has 6 heteroatoms. The van der Waals surface area contributed by atoms with Crippen LogP contribution in [0.2, 0.25) is 0 Å². The van der Waals surface area contributed by atoms with Gasteiger partial charge in [0, 0.05) is 86.1 Å². The molecule has 0 fully saturated rings. The van der Waals surface area contributed by atoms with Crippen molar-refractivity contribution >= 4 is 141 Å². The number of hydrogen-bond donors (Lipinski definition) is 0. The van der Waals surface area contributed by atoms with Crippen LogP contribution in [0.15, 0.2) is 251 Å². The van der Waals surface area contributed by atoms with Gasteiger partial charge in [-0.05, 0) is 122 Å². The predicted molar refractivity (Wildman–Crippen MR) is 351 cm³/mol. The fourth-order valence-electron chi connectivity index (χ4n) is 13.0. The maximum absolute atomic E-state index is 6.77. The molecule has 82 heavy (non-hydrogen) atoms. The summed E-state index contributed by atoms with van der Waals surface area (Å²) in [5.41, 5.74) is 21.6. The van der Waals surface area contributed by atoms with Gasteiger partial charge < -0.3 is 18.6 Å². The third kappa shape index (κ3) is 7.49. The first-order valence-corrected chi connectivity index (χ1v) is 29.6. The van der Waals surface area contributed by atoms with E-state index < -0.39 is 0 Å². The van der Waals surface area contributed by atoms with Crippen molar-refractivity contribution in [2.45, 2.75) is 27.7 Å². The van der Waals surface area contributed by atoms with Crippen molar-refractivity contribution in [2.24, 2.45) is 0 Å². The molecule has 0 aliphatic heterocycles. The second-order valence-electron chi connectivity index (χ2n) is 21.7. The van der Waals surface area contributed by atoms with Gasteiger partial charge in [0.15, 0.2) is 0 Å². The number of furan rings is 2. The SMILES string of the molecule is Cc1cc(-c2ccc(N(c3c(C)cccc3-c3cccc4c3oc3ccccc34)c3cccc4c3sc3ccccc34)c(C)c2)ccc1N(c1c(C)cccc1-c1cccc2c1oc1ccccc12)c1cccc2c1sc1ccccc12. The maximum atomic E-state index is 6.77. The van der Waals surface area contributed by atoms with E-state index in [1.165, 1.54) is 51.5 Å². The molecule has 0 atom stereocenters. The Labute approximate surface area is 482 Å². The summed E-state index contributed by atoms with van der Waals surface area (Å²) in [7, 11) is 0. The zero-order valence-corrected chi connectivity index (χ0v) is 47.3. The average Bonchev–Trinajstić information content (AvgIpc) is 4.09. The van der Waals surface area contributed by atoms with Crippen LogP contribution in [0, 0.1) is 27.7 Å². The standard InChI is InChI=1S/C76H52N2O2S2/c1-45-19-13-25-55(59-29-15-27-57-51-21-5-9-35-67(51)79-73(57)59)71(45)77(65-33-17-31-61-53-23-7-11-37-69(53)81-75(61)65)63-41-39-49(43-47(63)3)50-40-42-64(48(4)44-50)78(66-34-18-32-62-54-24-8-12-38-70(54)82-76(62)66)72-46(2)20-14-26-56(72)60-30-16-28-58-52-22-6-10-36-68(52)80-74(58)60/h5-44H,1-4H3. The lowest BCUT2D eigenvalue weighted by Gasteiger charge is -2.32. The molecule has 0 saturated heterocycles. The van der Waals surface area contributed by atoms with Gasteiger partial charge in [0.25, 0.3) is 0 Å². The lowest BCUT2D eigenvalue weighted by Crippen LogP contribution is -2.14. The van der Waals surface area contributed by atoms with Crippen LogP contribution in [-0.4, -0.2) is 0 Å². The van der Waals surface area contributed by atoms with Crippen LogP contribution < -0.4 is 9.80 Å². The highest BCUT2D eigenvalue weighted by atomic mass is 32.1. The van der Waals surface area contributed by atoms with Crippen LogP contribution in [0.4, 0.5) is 34.1 Å². The van der Waals surface area contributed by atoms with E-state index in [1.807, 2.05) is 34.8 Å². The molecule has 0 spiro atoms. The van der Waals surface area contributed by atoms with E-state index in [0.717, 1.165) is 123 Å². The highest BCUT2D eigenvalue weighted by Gasteiger charge is 2.28. The van der Waals surface area contributed by atoms with Crippen molar-refractivity contribution < 1.29 is 8.83 Å². The highest BCUT2D eigenvalue weighted by Crippen LogP contribution is 2.53. The van der Waals surface area contributed by atoms with Gasteiger partial charge in [-0.2, -0.15) is 0 Å². The highest BCUT2D eigenvalue weighted by molar-refractivity contribution is 7.26. The summed E-state index contributed by atoms with van der Waals surface area (Å²) in [6.07, 6.45) is 0. The first kappa shape index (κ1) is 48.2. The minimum Gasteiger partial charge on any atom is -0.455 e. The minimum absolute atomic E-state index is 0.888. The summed E-state index contributed by atoms with van der Waals surface area (Å²) in [5.74, 6) is 0.